The highest BCUT2D eigenvalue weighted by molar-refractivity contribution is 5.65. The van der Waals surface area contributed by atoms with Crippen LogP contribution in [0.15, 0.2) is 60.9 Å². The quantitative estimate of drug-likeness (QED) is 0.647. The number of fused-ring (bicyclic) bond motifs is 1. The molecule has 5 rings (SSSR count). The molecule has 3 aromatic rings. The van der Waals surface area contributed by atoms with Gasteiger partial charge in [-0.25, -0.2) is 9.60 Å². The van der Waals surface area contributed by atoms with Crippen LogP contribution in [0.5, 0.6) is 11.5 Å². The van der Waals surface area contributed by atoms with Gasteiger partial charge in [-0.1, -0.05) is 18.2 Å². The maximum Gasteiger partial charge on any atom is 0.184 e. The van der Waals surface area contributed by atoms with Gasteiger partial charge < -0.3 is 14.4 Å². The molecule has 1 fully saturated rings. The Bertz CT molecular complexity index is 1070. The number of rotatable bonds is 4. The molecule has 160 valence electrons. The first kappa shape index (κ1) is 19.8. The number of hydrogen-bond donors (Lipinski definition) is 1. The Morgan fingerprint density at radius 2 is 1.74 bits per heavy atom. The van der Waals surface area contributed by atoms with Crippen molar-refractivity contribution in [2.24, 2.45) is 0 Å². The number of anilines is 1. The fraction of sp³-hybridized carbons (Fsp3) is 0.292. The zero-order valence-electron chi connectivity index (χ0n) is 17.2. The smallest absolute Gasteiger partial charge is 0.184 e. The van der Waals surface area contributed by atoms with Gasteiger partial charge in [-0.2, -0.15) is 4.65 Å². The summed E-state index contributed by atoms with van der Waals surface area (Å²) in [6.07, 6.45) is 3.55. The molecule has 0 aliphatic carbocycles. The van der Waals surface area contributed by atoms with E-state index in [1.807, 2.05) is 24.3 Å². The van der Waals surface area contributed by atoms with Crippen molar-refractivity contribution in [3.8, 4) is 22.6 Å². The fourth-order valence-corrected chi connectivity index (χ4v) is 4.26. The molecule has 0 radical (unpaired) electrons. The van der Waals surface area contributed by atoms with E-state index in [4.69, 9.17) is 9.47 Å². The van der Waals surface area contributed by atoms with Gasteiger partial charge in [0.05, 0.1) is 18.8 Å². The third-order valence-corrected chi connectivity index (χ3v) is 5.91. The molecule has 2 aliphatic heterocycles. The number of nitrogens with zero attached hydrogens (tertiary/aromatic N) is 3. The molecule has 1 saturated heterocycles. The van der Waals surface area contributed by atoms with Crippen molar-refractivity contribution in [1.29, 1.82) is 0 Å². The Labute approximate surface area is 180 Å². The molecule has 0 bridgehead atoms. The molecule has 1 N–H and O–H groups in total. The van der Waals surface area contributed by atoms with Gasteiger partial charge in [0.1, 0.15) is 38.7 Å². The number of piperazine rings is 1. The van der Waals surface area contributed by atoms with E-state index < -0.39 is 0 Å². The summed E-state index contributed by atoms with van der Waals surface area (Å²) in [5, 5.41) is 11.2. The van der Waals surface area contributed by atoms with Gasteiger partial charge in [0.25, 0.3) is 0 Å². The Balaban J connectivity index is 1.28. The molecule has 0 saturated carbocycles. The average Bonchev–Trinajstić information content (AvgIpc) is 2.80. The Kier molecular flexibility index (Phi) is 5.21. The van der Waals surface area contributed by atoms with E-state index in [0.29, 0.717) is 45.9 Å². The van der Waals surface area contributed by atoms with Crippen molar-refractivity contribution in [1.82, 2.24) is 4.98 Å². The fourth-order valence-electron chi connectivity index (χ4n) is 4.26. The van der Waals surface area contributed by atoms with Crippen molar-refractivity contribution in [2.75, 3.05) is 44.3 Å². The summed E-state index contributed by atoms with van der Waals surface area (Å²) in [4.78, 5) is 6.58. The zero-order valence-corrected chi connectivity index (χ0v) is 17.2. The van der Waals surface area contributed by atoms with E-state index in [1.165, 1.54) is 12.1 Å². The van der Waals surface area contributed by atoms with Crippen LogP contribution in [0.1, 0.15) is 5.56 Å². The van der Waals surface area contributed by atoms with Crippen LogP contribution in [0.4, 0.5) is 10.1 Å². The molecule has 31 heavy (non-hydrogen) atoms. The molecule has 7 heteroatoms. The molecule has 1 aromatic heterocycles. The highest BCUT2D eigenvalue weighted by atomic mass is 19.1. The van der Waals surface area contributed by atoms with Crippen molar-refractivity contribution in [3.05, 3.63) is 72.3 Å². The van der Waals surface area contributed by atoms with Gasteiger partial charge in [-0.05, 0) is 35.9 Å². The van der Waals surface area contributed by atoms with Gasteiger partial charge in [0.15, 0.2) is 11.5 Å². The van der Waals surface area contributed by atoms with Gasteiger partial charge in [-0.15, -0.1) is 0 Å². The molecule has 0 spiro atoms. The molecular weight excluding hydrogens is 397 g/mol. The number of pyridine rings is 1. The van der Waals surface area contributed by atoms with E-state index in [1.54, 1.807) is 24.5 Å². The number of benzene rings is 2. The zero-order chi connectivity index (χ0) is 21.3. The standard InChI is InChI=1S/C24H25FN3O3/c25-21-6-4-19(5-7-21)20-14-18(15-26-16-20)17-28(29)10-8-27(9-11-28)22-2-1-3-23-24(22)31-13-12-30-23/h1-7,14-16,29H,8-13,17H2/q+1. The Morgan fingerprint density at radius 1 is 0.968 bits per heavy atom. The maximum absolute atomic E-state index is 13.2. The van der Waals surface area contributed by atoms with E-state index in [2.05, 4.69) is 9.88 Å². The summed E-state index contributed by atoms with van der Waals surface area (Å²) in [7, 11) is 0. The topological polar surface area (TPSA) is 54.8 Å². The second kappa shape index (κ2) is 8.17. The highest BCUT2D eigenvalue weighted by Crippen LogP contribution is 2.40. The number of hydroxylamine groups is 3. The van der Waals surface area contributed by atoms with Crippen molar-refractivity contribution < 1.29 is 23.7 Å². The molecule has 0 amide bonds. The molecule has 3 heterocycles. The predicted octanol–water partition coefficient (Wildman–Crippen LogP) is 3.89. The number of quaternary nitrogens is 1. The van der Waals surface area contributed by atoms with Gasteiger partial charge >= 0.3 is 0 Å². The molecule has 2 aliphatic rings. The Morgan fingerprint density at radius 3 is 2.55 bits per heavy atom. The van der Waals surface area contributed by atoms with E-state index in [9.17, 15) is 9.60 Å². The summed E-state index contributed by atoms with van der Waals surface area (Å²) in [6, 6.07) is 14.3. The summed E-state index contributed by atoms with van der Waals surface area (Å²) < 4.78 is 24.7. The summed E-state index contributed by atoms with van der Waals surface area (Å²) >= 11 is 0. The number of hydrogen-bond acceptors (Lipinski definition) is 5. The average molecular weight is 422 g/mol. The Hall–Kier alpha value is -3.16. The monoisotopic (exact) mass is 422 g/mol. The summed E-state index contributed by atoms with van der Waals surface area (Å²) in [5.74, 6) is 1.31. The SMILES string of the molecule is O[N+]1(Cc2cncc(-c3ccc(F)cc3)c2)CCN(c2cccc3c2OCCO3)CC1. The lowest BCUT2D eigenvalue weighted by molar-refractivity contribution is -1.11. The minimum Gasteiger partial charge on any atom is -0.486 e. The number of halogens is 1. The van der Waals surface area contributed by atoms with E-state index in [-0.39, 0.29) is 10.5 Å². The molecule has 0 atom stereocenters. The largest absolute Gasteiger partial charge is 0.486 e. The second-order valence-electron chi connectivity index (χ2n) is 8.08. The minimum atomic E-state index is -0.262. The molecule has 6 nitrogen and oxygen atoms in total. The normalized spacial score (nSPS) is 17.4. The molecular formula is C24H25FN3O3+. The number of aromatic nitrogens is 1. The van der Waals surface area contributed by atoms with Crippen LogP contribution in [0.3, 0.4) is 0 Å². The van der Waals surface area contributed by atoms with Gasteiger partial charge in [0, 0.05) is 23.5 Å². The number of para-hydroxylation sites is 1. The lowest BCUT2D eigenvalue weighted by Gasteiger charge is -2.40. The van der Waals surface area contributed by atoms with Crippen molar-refractivity contribution >= 4 is 5.69 Å². The molecule has 2 aromatic carbocycles. The number of ether oxygens (including phenoxy) is 2. The van der Waals surface area contributed by atoms with Crippen LogP contribution in [-0.2, 0) is 6.54 Å². The van der Waals surface area contributed by atoms with Crippen molar-refractivity contribution in [3.63, 3.8) is 0 Å². The van der Waals surface area contributed by atoms with Gasteiger partial charge in [0.2, 0.25) is 0 Å². The minimum absolute atomic E-state index is 0.0442. The van der Waals surface area contributed by atoms with Crippen LogP contribution in [0.25, 0.3) is 11.1 Å². The third kappa shape index (κ3) is 4.19. The predicted molar refractivity (Wildman–Crippen MR) is 115 cm³/mol. The first-order valence-corrected chi connectivity index (χ1v) is 10.5. The van der Waals surface area contributed by atoms with E-state index >= 15 is 0 Å². The van der Waals surface area contributed by atoms with Crippen LogP contribution in [0, 0.1) is 5.82 Å². The first-order chi connectivity index (χ1) is 15.1. The van der Waals surface area contributed by atoms with Crippen LogP contribution in [-0.4, -0.2) is 54.2 Å². The molecule has 0 unspecified atom stereocenters. The lowest BCUT2D eigenvalue weighted by atomic mass is 10.1. The van der Waals surface area contributed by atoms with Crippen LogP contribution in [0.2, 0.25) is 0 Å². The lowest BCUT2D eigenvalue weighted by Crippen LogP contribution is -2.57. The first-order valence-electron chi connectivity index (χ1n) is 10.5. The van der Waals surface area contributed by atoms with Crippen LogP contribution >= 0.6 is 0 Å². The van der Waals surface area contributed by atoms with E-state index in [0.717, 1.165) is 33.9 Å². The maximum atomic E-state index is 13.2. The third-order valence-electron chi connectivity index (χ3n) is 5.91. The summed E-state index contributed by atoms with van der Waals surface area (Å²) in [5.41, 5.74) is 3.78. The highest BCUT2D eigenvalue weighted by Gasteiger charge is 2.34. The second-order valence-corrected chi connectivity index (χ2v) is 8.08. The van der Waals surface area contributed by atoms with Crippen molar-refractivity contribution in [2.45, 2.75) is 6.54 Å². The van der Waals surface area contributed by atoms with Gasteiger partial charge in [-0.3, -0.25) is 4.98 Å². The van der Waals surface area contributed by atoms with Crippen LogP contribution < -0.4 is 14.4 Å². The summed E-state index contributed by atoms with van der Waals surface area (Å²) in [6.45, 7) is 4.19.